The van der Waals surface area contributed by atoms with Gasteiger partial charge in [0.2, 0.25) is 0 Å². The quantitative estimate of drug-likeness (QED) is 0.239. The van der Waals surface area contributed by atoms with Gasteiger partial charge < -0.3 is 33.3 Å². The number of hydrogen-bond donors (Lipinski definition) is 0. The SMILES string of the molecule is O=C1O[C@]2(C3=CCC(N4CCOCC4)C=C3Oc3cc4c(cc32)[C@]2(OC(=O)c3ccccc32)c2ccc(N3CCOCC3)cc2O4)c2ccccc21. The van der Waals surface area contributed by atoms with E-state index in [2.05, 4.69) is 28.0 Å². The van der Waals surface area contributed by atoms with Crippen molar-refractivity contribution >= 4 is 17.6 Å². The average molecular weight is 695 g/mol. The highest BCUT2D eigenvalue weighted by Crippen LogP contribution is 2.62. The molecule has 0 bridgehead atoms. The largest absolute Gasteiger partial charge is 0.457 e. The lowest BCUT2D eigenvalue weighted by Gasteiger charge is -2.43. The van der Waals surface area contributed by atoms with E-state index in [0.29, 0.717) is 71.7 Å². The molecule has 3 atom stereocenters. The predicted molar refractivity (Wildman–Crippen MR) is 188 cm³/mol. The Labute approximate surface area is 299 Å². The van der Waals surface area contributed by atoms with Crippen molar-refractivity contribution in [3.05, 3.63) is 141 Å². The van der Waals surface area contributed by atoms with Crippen molar-refractivity contribution in [2.75, 3.05) is 57.5 Å². The molecule has 260 valence electrons. The third kappa shape index (κ3) is 4.05. The zero-order valence-electron chi connectivity index (χ0n) is 28.3. The lowest BCUT2D eigenvalue weighted by molar-refractivity contribution is 0.0161. The van der Waals surface area contributed by atoms with Crippen molar-refractivity contribution in [3.63, 3.8) is 0 Å². The summed E-state index contributed by atoms with van der Waals surface area (Å²) in [6.07, 6.45) is 5.04. The third-order valence-corrected chi connectivity index (χ3v) is 11.6. The Balaban J connectivity index is 1.14. The zero-order valence-corrected chi connectivity index (χ0v) is 28.3. The molecular formula is C42H34N2O8. The van der Waals surface area contributed by atoms with Crippen molar-refractivity contribution in [3.8, 4) is 17.2 Å². The first-order valence-corrected chi connectivity index (χ1v) is 18.0. The molecule has 4 aromatic carbocycles. The second kappa shape index (κ2) is 11.0. The zero-order chi connectivity index (χ0) is 34.6. The number of hydrogen-bond acceptors (Lipinski definition) is 10. The lowest BCUT2D eigenvalue weighted by atomic mass is 9.71. The van der Waals surface area contributed by atoms with E-state index in [0.717, 1.165) is 60.6 Å². The number of morpholine rings is 2. The van der Waals surface area contributed by atoms with E-state index in [1.807, 2.05) is 66.7 Å². The maximum absolute atomic E-state index is 13.8. The van der Waals surface area contributed by atoms with Crippen LogP contribution in [0.1, 0.15) is 55.0 Å². The highest BCUT2D eigenvalue weighted by molar-refractivity contribution is 5.98. The van der Waals surface area contributed by atoms with Crippen LogP contribution in [0.5, 0.6) is 17.2 Å². The standard InChI is InChI=1S/C42H34N2O8/c45-39-27-5-1-3-7-29(27)41(51-39)31-11-9-25(43-13-17-47-18-14-43)21-35(31)49-37-24-38-34(23-33(37)41)42(30-8-4-2-6-28(30)40(46)52-42)32-12-10-26(22-36(32)50-38)44-15-19-48-20-16-44/h1-9,11-12,21-24,26H,10,13-20H2/t26?,41-,42+/m1/s1. The van der Waals surface area contributed by atoms with Crippen molar-refractivity contribution < 1.29 is 38.0 Å². The van der Waals surface area contributed by atoms with Crippen LogP contribution in [0.3, 0.4) is 0 Å². The smallest absolute Gasteiger partial charge is 0.340 e. The van der Waals surface area contributed by atoms with E-state index in [1.54, 1.807) is 6.07 Å². The van der Waals surface area contributed by atoms with Crippen LogP contribution in [0, 0.1) is 0 Å². The molecule has 2 saturated heterocycles. The van der Waals surface area contributed by atoms with Crippen molar-refractivity contribution in [1.29, 1.82) is 0 Å². The summed E-state index contributed by atoms with van der Waals surface area (Å²) < 4.78 is 38.1. The van der Waals surface area contributed by atoms with Crippen LogP contribution in [0.2, 0.25) is 0 Å². The Morgan fingerprint density at radius 1 is 0.596 bits per heavy atom. The van der Waals surface area contributed by atoms with Crippen LogP contribution in [-0.4, -0.2) is 75.5 Å². The van der Waals surface area contributed by atoms with Crippen LogP contribution in [-0.2, 0) is 30.1 Å². The van der Waals surface area contributed by atoms with Crippen LogP contribution in [0.15, 0.2) is 102 Å². The molecule has 0 aromatic heterocycles. The Bertz CT molecular complexity index is 2290. The van der Waals surface area contributed by atoms with E-state index in [1.165, 1.54) is 0 Å². The number of nitrogens with zero attached hydrogens (tertiary/aromatic N) is 2. The number of fused-ring (bicyclic) bond motifs is 12. The van der Waals surface area contributed by atoms with Crippen LogP contribution in [0.4, 0.5) is 5.69 Å². The van der Waals surface area contributed by atoms with Crippen LogP contribution in [0.25, 0.3) is 0 Å². The Hall–Kier alpha value is -5.42. The molecule has 0 radical (unpaired) electrons. The first-order chi connectivity index (χ1) is 25.5. The van der Waals surface area contributed by atoms with Gasteiger partial charge >= 0.3 is 11.9 Å². The molecule has 1 unspecified atom stereocenters. The van der Waals surface area contributed by atoms with Crippen molar-refractivity contribution in [2.45, 2.75) is 23.7 Å². The van der Waals surface area contributed by atoms with Crippen LogP contribution >= 0.6 is 0 Å². The number of rotatable bonds is 2. The number of carbonyl (C=O) groups is 2. The molecule has 7 aliphatic rings. The molecule has 2 fully saturated rings. The maximum atomic E-state index is 13.8. The van der Waals surface area contributed by atoms with E-state index >= 15 is 0 Å². The van der Waals surface area contributed by atoms with E-state index in [9.17, 15) is 9.59 Å². The van der Waals surface area contributed by atoms with E-state index in [-0.39, 0.29) is 6.04 Å². The van der Waals surface area contributed by atoms with Gasteiger partial charge in [-0.05, 0) is 42.8 Å². The first kappa shape index (κ1) is 30.2. The number of benzene rings is 4. The molecule has 6 heterocycles. The van der Waals surface area contributed by atoms with Gasteiger partial charge in [-0.1, -0.05) is 42.5 Å². The van der Waals surface area contributed by atoms with Gasteiger partial charge in [0.15, 0.2) is 11.2 Å². The minimum atomic E-state index is -1.32. The topological polar surface area (TPSA) is 96.0 Å². The minimum Gasteiger partial charge on any atom is -0.457 e. The summed E-state index contributed by atoms with van der Waals surface area (Å²) in [7, 11) is 0. The first-order valence-electron chi connectivity index (χ1n) is 18.0. The average Bonchev–Trinajstić information content (AvgIpc) is 3.66. The molecule has 10 heteroatoms. The van der Waals surface area contributed by atoms with Gasteiger partial charge in [-0.15, -0.1) is 0 Å². The Kier molecular flexibility index (Phi) is 6.42. The second-order valence-corrected chi connectivity index (χ2v) is 14.2. The molecule has 10 nitrogen and oxygen atoms in total. The van der Waals surface area contributed by atoms with Gasteiger partial charge in [-0.3, -0.25) is 4.90 Å². The Morgan fingerprint density at radius 2 is 1.21 bits per heavy atom. The number of carbonyl (C=O) groups excluding carboxylic acids is 2. The number of anilines is 1. The predicted octanol–water partition coefficient (Wildman–Crippen LogP) is 5.81. The van der Waals surface area contributed by atoms with Gasteiger partial charge in [-0.2, -0.15) is 0 Å². The number of esters is 2. The fourth-order valence-corrected chi connectivity index (χ4v) is 9.19. The van der Waals surface area contributed by atoms with Crippen LogP contribution < -0.4 is 14.4 Å². The van der Waals surface area contributed by atoms with Crippen molar-refractivity contribution in [1.82, 2.24) is 4.90 Å². The molecule has 0 N–H and O–H groups in total. The monoisotopic (exact) mass is 694 g/mol. The summed E-state index contributed by atoms with van der Waals surface area (Å²) >= 11 is 0. The van der Waals surface area contributed by atoms with Gasteiger partial charge in [0.25, 0.3) is 0 Å². The molecule has 0 amide bonds. The van der Waals surface area contributed by atoms with Gasteiger partial charge in [-0.25, -0.2) is 9.59 Å². The van der Waals surface area contributed by atoms with Gasteiger partial charge in [0.05, 0.1) is 37.6 Å². The maximum Gasteiger partial charge on any atom is 0.340 e. The van der Waals surface area contributed by atoms with E-state index < -0.39 is 23.1 Å². The summed E-state index contributed by atoms with van der Waals surface area (Å²) in [6, 6.07) is 25.1. The van der Waals surface area contributed by atoms with Gasteiger partial charge in [0.1, 0.15) is 23.0 Å². The molecule has 0 saturated carbocycles. The second-order valence-electron chi connectivity index (χ2n) is 14.2. The summed E-state index contributed by atoms with van der Waals surface area (Å²) in [4.78, 5) is 32.2. The van der Waals surface area contributed by atoms with Crippen molar-refractivity contribution in [2.24, 2.45) is 0 Å². The minimum absolute atomic E-state index is 0.102. The molecular weight excluding hydrogens is 660 g/mol. The highest BCUT2D eigenvalue weighted by atomic mass is 16.6. The summed E-state index contributed by atoms with van der Waals surface area (Å²) in [5.74, 6) is 1.43. The molecule has 52 heavy (non-hydrogen) atoms. The number of ether oxygens (including phenoxy) is 6. The fraction of sp³-hybridized carbons (Fsp3) is 0.286. The Morgan fingerprint density at radius 3 is 1.96 bits per heavy atom. The molecule has 4 aromatic rings. The highest BCUT2D eigenvalue weighted by Gasteiger charge is 2.59. The normalized spacial score (nSPS) is 26.8. The molecule has 11 rings (SSSR count). The summed E-state index contributed by atoms with van der Waals surface area (Å²) in [6.45, 7) is 5.83. The third-order valence-electron chi connectivity index (χ3n) is 11.6. The molecule has 1 aliphatic carbocycles. The van der Waals surface area contributed by atoms with Gasteiger partial charge in [0, 0.05) is 83.4 Å². The summed E-state index contributed by atoms with van der Waals surface area (Å²) in [5.41, 5.74) is 3.65. The van der Waals surface area contributed by atoms with E-state index in [4.69, 9.17) is 28.4 Å². The fourth-order valence-electron chi connectivity index (χ4n) is 9.19. The lowest BCUT2D eigenvalue weighted by Crippen LogP contribution is -2.45. The summed E-state index contributed by atoms with van der Waals surface area (Å²) in [5, 5.41) is 0. The molecule has 2 spiro atoms. The molecule has 6 aliphatic heterocycles.